The average Bonchev–Trinajstić information content (AvgIpc) is 2.66. The number of hydrogen-bond donors (Lipinski definition) is 2. The number of amides is 1. The van der Waals surface area contributed by atoms with Crippen molar-refractivity contribution in [2.45, 2.75) is 20.0 Å². The van der Waals surface area contributed by atoms with Gasteiger partial charge in [0, 0.05) is 6.54 Å². The molecule has 1 aromatic rings. The first kappa shape index (κ1) is 11.2. The Balaban J connectivity index is 2.39. The van der Waals surface area contributed by atoms with Gasteiger partial charge in [0.05, 0.1) is 18.4 Å². The molecule has 0 radical (unpaired) electrons. The molecule has 0 aromatic carbocycles. The van der Waals surface area contributed by atoms with Crippen LogP contribution in [-0.2, 0) is 17.9 Å². The van der Waals surface area contributed by atoms with Gasteiger partial charge in [0.15, 0.2) is 0 Å². The quantitative estimate of drug-likeness (QED) is 0.612. The zero-order valence-electron chi connectivity index (χ0n) is 8.53. The first-order chi connectivity index (χ1) is 7.26. The third-order valence-electron chi connectivity index (χ3n) is 1.65. The molecule has 0 fully saturated rings. The van der Waals surface area contributed by atoms with E-state index in [2.05, 4.69) is 27.5 Å². The molecule has 0 saturated heterocycles. The van der Waals surface area contributed by atoms with Crippen molar-refractivity contribution in [1.29, 1.82) is 0 Å². The zero-order valence-corrected chi connectivity index (χ0v) is 8.53. The van der Waals surface area contributed by atoms with Gasteiger partial charge in [0.25, 0.3) is 0 Å². The van der Waals surface area contributed by atoms with Crippen LogP contribution in [0.5, 0.6) is 0 Å². The lowest BCUT2D eigenvalue weighted by Gasteiger charge is -1.99. The van der Waals surface area contributed by atoms with Crippen molar-refractivity contribution in [2.24, 2.45) is 5.73 Å². The number of rotatable bonds is 4. The summed E-state index contributed by atoms with van der Waals surface area (Å²) in [6.45, 7) is 2.53. The topological polar surface area (TPSA) is 85.8 Å². The first-order valence-electron chi connectivity index (χ1n) is 4.51. The molecule has 3 N–H and O–H groups in total. The molecule has 6 nitrogen and oxygen atoms in total. The van der Waals surface area contributed by atoms with Gasteiger partial charge in [-0.2, -0.15) is 0 Å². The molecule has 1 amide bonds. The summed E-state index contributed by atoms with van der Waals surface area (Å²) in [6.07, 6.45) is 1.64. The summed E-state index contributed by atoms with van der Waals surface area (Å²) >= 11 is 0. The summed E-state index contributed by atoms with van der Waals surface area (Å²) in [5.74, 6) is 5.27. The van der Waals surface area contributed by atoms with Crippen molar-refractivity contribution in [3.8, 4) is 11.8 Å². The van der Waals surface area contributed by atoms with Crippen LogP contribution in [0.3, 0.4) is 0 Å². The fourth-order valence-electron chi connectivity index (χ4n) is 0.944. The highest BCUT2D eigenvalue weighted by molar-refractivity contribution is 5.75. The van der Waals surface area contributed by atoms with E-state index >= 15 is 0 Å². The van der Waals surface area contributed by atoms with E-state index in [1.54, 1.807) is 13.1 Å². The Kier molecular flexibility index (Phi) is 4.31. The van der Waals surface area contributed by atoms with Gasteiger partial charge >= 0.3 is 0 Å². The number of nitrogens with one attached hydrogen (secondary N) is 1. The highest BCUT2D eigenvalue weighted by Crippen LogP contribution is 1.90. The van der Waals surface area contributed by atoms with Crippen LogP contribution in [0.2, 0.25) is 0 Å². The number of nitrogens with zero attached hydrogens (tertiary/aromatic N) is 3. The van der Waals surface area contributed by atoms with Crippen LogP contribution < -0.4 is 11.1 Å². The molecule has 0 aliphatic carbocycles. The molecule has 0 unspecified atom stereocenters. The third-order valence-corrected chi connectivity index (χ3v) is 1.65. The summed E-state index contributed by atoms with van der Waals surface area (Å²) in [7, 11) is 0. The Bertz CT molecular complexity index is 387. The van der Waals surface area contributed by atoms with Crippen molar-refractivity contribution >= 4 is 5.91 Å². The Labute approximate surface area is 87.8 Å². The molecule has 0 spiro atoms. The maximum atomic E-state index is 11.3. The van der Waals surface area contributed by atoms with E-state index in [1.165, 1.54) is 4.68 Å². The number of nitrogens with two attached hydrogens (primary N) is 1. The Morgan fingerprint density at radius 1 is 1.73 bits per heavy atom. The number of carbonyl (C=O) groups excluding carboxylic acids is 1. The van der Waals surface area contributed by atoms with Crippen LogP contribution >= 0.6 is 0 Å². The minimum Gasteiger partial charge on any atom is -0.344 e. The standard InChI is InChI=1S/C9H13N5O/c1-2-3-4-11-9(15)7-14-6-8(5-10)12-13-14/h6H,4-5,7,10H2,1H3,(H,11,15). The molecule has 0 atom stereocenters. The lowest BCUT2D eigenvalue weighted by molar-refractivity contribution is -0.121. The fraction of sp³-hybridized carbons (Fsp3) is 0.444. The van der Waals surface area contributed by atoms with Crippen LogP contribution in [0.4, 0.5) is 0 Å². The average molecular weight is 207 g/mol. The van der Waals surface area contributed by atoms with Crippen LogP contribution in [0, 0.1) is 11.8 Å². The van der Waals surface area contributed by atoms with E-state index in [9.17, 15) is 4.79 Å². The van der Waals surface area contributed by atoms with Gasteiger partial charge in [0.1, 0.15) is 6.54 Å². The van der Waals surface area contributed by atoms with Crippen LogP contribution in [-0.4, -0.2) is 27.4 Å². The van der Waals surface area contributed by atoms with E-state index in [4.69, 9.17) is 5.73 Å². The zero-order chi connectivity index (χ0) is 11.1. The van der Waals surface area contributed by atoms with Crippen molar-refractivity contribution < 1.29 is 4.79 Å². The third kappa shape index (κ3) is 3.79. The van der Waals surface area contributed by atoms with Crippen molar-refractivity contribution in [3.05, 3.63) is 11.9 Å². The maximum absolute atomic E-state index is 11.3. The summed E-state index contributed by atoms with van der Waals surface area (Å²) in [5, 5.41) is 10.1. The minimum absolute atomic E-state index is 0.137. The van der Waals surface area contributed by atoms with Gasteiger partial charge in [-0.1, -0.05) is 11.1 Å². The van der Waals surface area contributed by atoms with Gasteiger partial charge < -0.3 is 11.1 Å². The normalized spacial score (nSPS) is 9.20. The largest absolute Gasteiger partial charge is 0.344 e. The molecule has 0 saturated carbocycles. The second-order valence-electron chi connectivity index (χ2n) is 2.82. The van der Waals surface area contributed by atoms with Gasteiger partial charge in [-0.05, 0) is 6.92 Å². The van der Waals surface area contributed by atoms with Gasteiger partial charge in [-0.15, -0.1) is 11.0 Å². The highest BCUT2D eigenvalue weighted by atomic mass is 16.2. The molecule has 0 aliphatic heterocycles. The predicted octanol–water partition coefficient (Wildman–Crippen LogP) is -1.12. The molecular weight excluding hydrogens is 194 g/mol. The van der Waals surface area contributed by atoms with Crippen LogP contribution in [0.25, 0.3) is 0 Å². The van der Waals surface area contributed by atoms with Crippen molar-refractivity contribution in [3.63, 3.8) is 0 Å². The maximum Gasteiger partial charge on any atom is 0.242 e. The molecule has 0 bridgehead atoms. The molecule has 15 heavy (non-hydrogen) atoms. The highest BCUT2D eigenvalue weighted by Gasteiger charge is 2.03. The summed E-state index contributed by atoms with van der Waals surface area (Å²) < 4.78 is 1.44. The van der Waals surface area contributed by atoms with E-state index in [1.807, 2.05) is 0 Å². The van der Waals surface area contributed by atoms with E-state index < -0.39 is 0 Å². The van der Waals surface area contributed by atoms with Gasteiger partial charge in [-0.25, -0.2) is 4.68 Å². The Morgan fingerprint density at radius 2 is 2.53 bits per heavy atom. The van der Waals surface area contributed by atoms with Crippen LogP contribution in [0.1, 0.15) is 12.6 Å². The number of hydrogen-bond acceptors (Lipinski definition) is 4. The predicted molar refractivity (Wildman–Crippen MR) is 54.4 cm³/mol. The number of aromatic nitrogens is 3. The summed E-state index contributed by atoms with van der Waals surface area (Å²) in [5.41, 5.74) is 6.02. The van der Waals surface area contributed by atoms with E-state index in [0.29, 0.717) is 18.8 Å². The molecule has 0 aliphatic rings. The minimum atomic E-state index is -0.147. The lowest BCUT2D eigenvalue weighted by atomic mass is 10.5. The molecule has 80 valence electrons. The molecule has 1 heterocycles. The number of carbonyl (C=O) groups is 1. The van der Waals surface area contributed by atoms with E-state index in [-0.39, 0.29) is 12.5 Å². The Morgan fingerprint density at radius 3 is 3.13 bits per heavy atom. The molecule has 1 aromatic heterocycles. The second-order valence-corrected chi connectivity index (χ2v) is 2.82. The van der Waals surface area contributed by atoms with Gasteiger partial charge in [0.2, 0.25) is 5.91 Å². The second kappa shape index (κ2) is 5.78. The molecule has 1 rings (SSSR count). The molecular formula is C9H13N5O. The fourth-order valence-corrected chi connectivity index (χ4v) is 0.944. The van der Waals surface area contributed by atoms with Crippen molar-refractivity contribution in [1.82, 2.24) is 20.3 Å². The summed E-state index contributed by atoms with van der Waals surface area (Å²) in [4.78, 5) is 11.3. The monoisotopic (exact) mass is 207 g/mol. The smallest absolute Gasteiger partial charge is 0.242 e. The Hall–Kier alpha value is -1.87. The molecule has 6 heteroatoms. The first-order valence-corrected chi connectivity index (χ1v) is 4.51. The van der Waals surface area contributed by atoms with Crippen LogP contribution in [0.15, 0.2) is 6.20 Å². The van der Waals surface area contributed by atoms with E-state index in [0.717, 1.165) is 0 Å². The summed E-state index contributed by atoms with van der Waals surface area (Å²) in [6, 6.07) is 0. The van der Waals surface area contributed by atoms with Gasteiger partial charge in [-0.3, -0.25) is 4.79 Å². The lowest BCUT2D eigenvalue weighted by Crippen LogP contribution is -2.28. The van der Waals surface area contributed by atoms with Crippen molar-refractivity contribution in [2.75, 3.05) is 6.54 Å². The SMILES string of the molecule is CC#CCNC(=O)Cn1cc(CN)nn1.